The van der Waals surface area contributed by atoms with E-state index in [1.165, 1.54) is 0 Å². The van der Waals surface area contributed by atoms with Gasteiger partial charge in [-0.1, -0.05) is 6.92 Å². The summed E-state index contributed by atoms with van der Waals surface area (Å²) in [4.78, 5) is 11.7. The van der Waals surface area contributed by atoms with Crippen LogP contribution >= 0.6 is 0 Å². The summed E-state index contributed by atoms with van der Waals surface area (Å²) in [7, 11) is 1.65. The molecule has 0 aliphatic carbocycles. The number of rotatable bonds is 6. The average molecular weight is 229 g/mol. The van der Waals surface area contributed by atoms with Crippen LogP contribution in [0.1, 0.15) is 19.8 Å². The minimum Gasteiger partial charge on any atom is -0.383 e. The Morgan fingerprint density at radius 1 is 1.69 bits per heavy atom. The molecule has 1 aliphatic rings. The fourth-order valence-electron chi connectivity index (χ4n) is 2.45. The van der Waals surface area contributed by atoms with Crippen molar-refractivity contribution in [1.29, 1.82) is 0 Å². The molecule has 0 aromatic heterocycles. The summed E-state index contributed by atoms with van der Waals surface area (Å²) in [6.07, 6.45) is 1.69. The van der Waals surface area contributed by atoms with Gasteiger partial charge in [0.05, 0.1) is 6.61 Å². The van der Waals surface area contributed by atoms with Crippen molar-refractivity contribution in [3.8, 4) is 0 Å². The Kier molecular flexibility index (Phi) is 5.18. The van der Waals surface area contributed by atoms with Gasteiger partial charge in [0.15, 0.2) is 0 Å². The minimum atomic E-state index is -0.557. The second kappa shape index (κ2) is 6.18. The van der Waals surface area contributed by atoms with Crippen LogP contribution in [-0.4, -0.2) is 44.8 Å². The summed E-state index contributed by atoms with van der Waals surface area (Å²) in [5, 5.41) is 6.60. The van der Waals surface area contributed by atoms with E-state index in [1.807, 2.05) is 0 Å². The molecule has 1 rings (SSSR count). The van der Waals surface area contributed by atoms with Crippen molar-refractivity contribution < 1.29 is 9.53 Å². The maximum Gasteiger partial charge on any atom is 0.238 e. The zero-order valence-corrected chi connectivity index (χ0v) is 10.2. The first-order chi connectivity index (χ1) is 7.67. The van der Waals surface area contributed by atoms with Gasteiger partial charge in [0.1, 0.15) is 5.54 Å². The van der Waals surface area contributed by atoms with Gasteiger partial charge in [-0.25, -0.2) is 0 Å². The molecule has 5 heteroatoms. The summed E-state index contributed by atoms with van der Waals surface area (Å²) >= 11 is 0. The lowest BCUT2D eigenvalue weighted by Gasteiger charge is -2.42. The van der Waals surface area contributed by atoms with E-state index in [9.17, 15) is 4.79 Å². The Hall–Kier alpha value is -0.650. The Balaban J connectivity index is 2.71. The van der Waals surface area contributed by atoms with Crippen LogP contribution in [0.4, 0.5) is 0 Å². The van der Waals surface area contributed by atoms with E-state index in [2.05, 4.69) is 17.6 Å². The van der Waals surface area contributed by atoms with Crippen LogP contribution in [0.15, 0.2) is 0 Å². The minimum absolute atomic E-state index is 0.239. The van der Waals surface area contributed by atoms with Crippen LogP contribution in [0.25, 0.3) is 0 Å². The van der Waals surface area contributed by atoms with Crippen molar-refractivity contribution in [2.45, 2.75) is 25.3 Å². The molecule has 4 N–H and O–H groups in total. The van der Waals surface area contributed by atoms with Crippen molar-refractivity contribution in [3.63, 3.8) is 0 Å². The Morgan fingerprint density at radius 2 is 2.44 bits per heavy atom. The summed E-state index contributed by atoms with van der Waals surface area (Å²) in [6.45, 7) is 5.03. The monoisotopic (exact) mass is 229 g/mol. The number of nitrogens with two attached hydrogens (primary N) is 1. The predicted molar refractivity (Wildman–Crippen MR) is 63.1 cm³/mol. The molecule has 5 nitrogen and oxygen atoms in total. The summed E-state index contributed by atoms with van der Waals surface area (Å²) in [5.41, 5.74) is 5.02. The third kappa shape index (κ3) is 2.72. The smallest absolute Gasteiger partial charge is 0.238 e. The topological polar surface area (TPSA) is 76.4 Å². The average Bonchev–Trinajstić information content (AvgIpc) is 2.29. The first kappa shape index (κ1) is 13.4. The summed E-state index contributed by atoms with van der Waals surface area (Å²) < 4.78 is 5.00. The molecule has 0 aromatic carbocycles. The van der Waals surface area contributed by atoms with Gasteiger partial charge in [0, 0.05) is 20.2 Å². The largest absolute Gasteiger partial charge is 0.383 e. The van der Waals surface area contributed by atoms with Gasteiger partial charge in [-0.05, 0) is 25.3 Å². The number of hydrogen-bond acceptors (Lipinski definition) is 4. The molecule has 0 spiro atoms. The highest BCUT2D eigenvalue weighted by atomic mass is 16.5. The normalized spacial score (nSPS) is 30.2. The van der Waals surface area contributed by atoms with E-state index in [-0.39, 0.29) is 11.8 Å². The Bertz CT molecular complexity index is 235. The molecular formula is C11H23N3O2. The van der Waals surface area contributed by atoms with Gasteiger partial charge >= 0.3 is 0 Å². The van der Waals surface area contributed by atoms with Gasteiger partial charge < -0.3 is 21.1 Å². The second-order valence-electron chi connectivity index (χ2n) is 4.31. The standard InChI is InChI=1S/C11H23N3O2/c1-3-9-8-13-5-4-11(9,10(12)15)14-6-7-16-2/h9,13-14H,3-8H2,1-2H3,(H2,12,15). The molecule has 0 aromatic rings. The molecule has 1 heterocycles. The zero-order chi connectivity index (χ0) is 12.0. The van der Waals surface area contributed by atoms with E-state index >= 15 is 0 Å². The number of ether oxygens (including phenoxy) is 1. The first-order valence-corrected chi connectivity index (χ1v) is 5.92. The molecule has 0 radical (unpaired) electrons. The van der Waals surface area contributed by atoms with E-state index in [4.69, 9.17) is 10.5 Å². The van der Waals surface area contributed by atoms with E-state index in [1.54, 1.807) is 7.11 Å². The molecule has 0 saturated carbocycles. The number of piperidine rings is 1. The molecule has 94 valence electrons. The second-order valence-corrected chi connectivity index (χ2v) is 4.31. The van der Waals surface area contributed by atoms with Crippen LogP contribution in [0, 0.1) is 5.92 Å². The zero-order valence-electron chi connectivity index (χ0n) is 10.2. The van der Waals surface area contributed by atoms with Crippen LogP contribution in [0.5, 0.6) is 0 Å². The van der Waals surface area contributed by atoms with Crippen molar-refractivity contribution in [2.75, 3.05) is 33.4 Å². The van der Waals surface area contributed by atoms with Gasteiger partial charge in [0.2, 0.25) is 5.91 Å². The Labute approximate surface area is 97.1 Å². The third-order valence-electron chi connectivity index (χ3n) is 3.46. The first-order valence-electron chi connectivity index (χ1n) is 5.92. The number of nitrogens with one attached hydrogen (secondary N) is 2. The molecule has 2 atom stereocenters. The highest BCUT2D eigenvalue weighted by molar-refractivity contribution is 5.85. The van der Waals surface area contributed by atoms with E-state index in [0.717, 1.165) is 25.9 Å². The number of carbonyl (C=O) groups is 1. The van der Waals surface area contributed by atoms with Gasteiger partial charge in [-0.15, -0.1) is 0 Å². The van der Waals surface area contributed by atoms with Crippen LogP contribution in [-0.2, 0) is 9.53 Å². The van der Waals surface area contributed by atoms with Crippen molar-refractivity contribution in [2.24, 2.45) is 11.7 Å². The van der Waals surface area contributed by atoms with Crippen molar-refractivity contribution in [1.82, 2.24) is 10.6 Å². The van der Waals surface area contributed by atoms with Crippen LogP contribution in [0.3, 0.4) is 0 Å². The fourth-order valence-corrected chi connectivity index (χ4v) is 2.45. The lowest BCUT2D eigenvalue weighted by molar-refractivity contribution is -0.128. The SMILES string of the molecule is CCC1CNCCC1(NCCOC)C(N)=O. The molecule has 16 heavy (non-hydrogen) atoms. The highest BCUT2D eigenvalue weighted by Crippen LogP contribution is 2.26. The van der Waals surface area contributed by atoms with Crippen LogP contribution < -0.4 is 16.4 Å². The molecule has 1 saturated heterocycles. The van der Waals surface area contributed by atoms with Gasteiger partial charge in [0.25, 0.3) is 0 Å². The van der Waals surface area contributed by atoms with E-state index in [0.29, 0.717) is 13.2 Å². The molecule has 0 bridgehead atoms. The number of amides is 1. The number of methoxy groups -OCH3 is 1. The molecule has 1 fully saturated rings. The van der Waals surface area contributed by atoms with Crippen LogP contribution in [0.2, 0.25) is 0 Å². The molecular weight excluding hydrogens is 206 g/mol. The van der Waals surface area contributed by atoms with Gasteiger partial charge in [-0.3, -0.25) is 4.79 Å². The van der Waals surface area contributed by atoms with Crippen molar-refractivity contribution in [3.05, 3.63) is 0 Å². The lowest BCUT2D eigenvalue weighted by Crippen LogP contribution is -2.66. The lowest BCUT2D eigenvalue weighted by atomic mass is 9.76. The summed E-state index contributed by atoms with van der Waals surface area (Å²) in [5.74, 6) is 0.0209. The van der Waals surface area contributed by atoms with E-state index < -0.39 is 5.54 Å². The highest BCUT2D eigenvalue weighted by Gasteiger charge is 2.44. The number of primary amides is 1. The molecule has 2 unspecified atom stereocenters. The Morgan fingerprint density at radius 3 is 3.00 bits per heavy atom. The fraction of sp³-hybridized carbons (Fsp3) is 0.909. The summed E-state index contributed by atoms with van der Waals surface area (Å²) in [6, 6.07) is 0. The number of hydrogen-bond donors (Lipinski definition) is 3. The third-order valence-corrected chi connectivity index (χ3v) is 3.46. The predicted octanol–water partition coefficient (Wildman–Crippen LogP) is -0.534. The molecule has 1 aliphatic heterocycles. The quantitative estimate of drug-likeness (QED) is 0.535. The number of carbonyl (C=O) groups excluding carboxylic acids is 1. The maximum atomic E-state index is 11.7. The van der Waals surface area contributed by atoms with Crippen molar-refractivity contribution >= 4 is 5.91 Å². The maximum absolute atomic E-state index is 11.7. The van der Waals surface area contributed by atoms with Gasteiger partial charge in [-0.2, -0.15) is 0 Å². The molecule has 1 amide bonds.